The first kappa shape index (κ1) is 21.9. The molecule has 4 heterocycles. The first-order chi connectivity index (χ1) is 15.7. The number of rotatable bonds is 4. The van der Waals surface area contributed by atoms with Crippen molar-refractivity contribution in [1.29, 1.82) is 0 Å². The number of Topliss-reactive ketones (excluding diaryl/α,β-unsaturated/α-hetero) is 1. The maximum Gasteiger partial charge on any atom is 0.267 e. The minimum absolute atomic E-state index is 0.0156. The van der Waals surface area contributed by atoms with Crippen LogP contribution in [0, 0.1) is 0 Å². The van der Waals surface area contributed by atoms with Crippen LogP contribution in [0.2, 0.25) is 0 Å². The van der Waals surface area contributed by atoms with Crippen LogP contribution in [0.3, 0.4) is 0 Å². The third kappa shape index (κ3) is 3.98. The van der Waals surface area contributed by atoms with Crippen molar-refractivity contribution in [3.05, 3.63) is 45.8 Å². The van der Waals surface area contributed by atoms with E-state index in [-0.39, 0.29) is 17.3 Å². The van der Waals surface area contributed by atoms with Gasteiger partial charge >= 0.3 is 0 Å². The Labute approximate surface area is 196 Å². The monoisotopic (exact) mass is 464 g/mol. The Bertz CT molecular complexity index is 1260. The number of benzene rings is 1. The van der Waals surface area contributed by atoms with Gasteiger partial charge in [0.05, 0.1) is 17.9 Å². The smallest absolute Gasteiger partial charge is 0.267 e. The summed E-state index contributed by atoms with van der Waals surface area (Å²) in [5.41, 5.74) is 10.2. The number of nitrogens with two attached hydrogens (primary N) is 1. The predicted octanol–water partition coefficient (Wildman–Crippen LogP) is 4.78. The van der Waals surface area contributed by atoms with Crippen LogP contribution in [0.15, 0.2) is 24.3 Å². The lowest BCUT2D eigenvalue weighted by Gasteiger charge is -2.34. The number of amides is 1. The van der Waals surface area contributed by atoms with Crippen LogP contribution >= 0.6 is 11.3 Å². The molecule has 33 heavy (non-hydrogen) atoms. The van der Waals surface area contributed by atoms with Crippen molar-refractivity contribution >= 4 is 50.4 Å². The third-order valence-electron chi connectivity index (χ3n) is 6.44. The van der Waals surface area contributed by atoms with E-state index in [1.54, 1.807) is 24.3 Å². The summed E-state index contributed by atoms with van der Waals surface area (Å²) in [5.74, 6) is 0.686. The minimum Gasteiger partial charge on any atom is -0.397 e. The number of aromatic nitrogens is 1. The fraction of sp³-hybridized carbons (Fsp3) is 0.400. The first-order valence-electron chi connectivity index (χ1n) is 11.3. The van der Waals surface area contributed by atoms with E-state index in [2.05, 4.69) is 24.1 Å². The number of anilines is 3. The average molecular weight is 465 g/mol. The number of thiophene rings is 1. The quantitative estimate of drug-likeness (QED) is 0.539. The van der Waals surface area contributed by atoms with Gasteiger partial charge in [0.25, 0.3) is 5.91 Å². The van der Waals surface area contributed by atoms with Crippen molar-refractivity contribution in [2.24, 2.45) is 0 Å². The number of hydrogen-bond acceptors (Lipinski definition) is 7. The van der Waals surface area contributed by atoms with Gasteiger partial charge in [0.2, 0.25) is 0 Å². The summed E-state index contributed by atoms with van der Waals surface area (Å²) in [7, 11) is 0. The number of hydrogen-bond donors (Lipinski definition) is 2. The van der Waals surface area contributed by atoms with E-state index < -0.39 is 0 Å². The van der Waals surface area contributed by atoms with Crippen molar-refractivity contribution in [2.45, 2.75) is 52.2 Å². The average Bonchev–Trinajstić information content (AvgIpc) is 3.41. The molecule has 0 atom stereocenters. The second kappa shape index (κ2) is 8.11. The predicted molar refractivity (Wildman–Crippen MR) is 132 cm³/mol. The van der Waals surface area contributed by atoms with Gasteiger partial charge in [-0.2, -0.15) is 0 Å². The zero-order valence-electron chi connectivity index (χ0n) is 19.2. The molecule has 2 aliphatic heterocycles. The molecule has 1 amide bonds. The van der Waals surface area contributed by atoms with Gasteiger partial charge in [0.1, 0.15) is 15.5 Å². The number of carbonyl (C=O) groups is 2. The number of ether oxygens (including phenoxy) is 1. The molecule has 0 spiro atoms. The van der Waals surface area contributed by atoms with E-state index in [9.17, 15) is 9.59 Å². The molecule has 0 saturated carbocycles. The van der Waals surface area contributed by atoms with E-state index in [1.165, 1.54) is 18.3 Å². The summed E-state index contributed by atoms with van der Waals surface area (Å²) in [4.78, 5) is 33.2. The molecule has 2 aliphatic rings. The summed E-state index contributed by atoms with van der Waals surface area (Å²) in [6.45, 7) is 8.15. The van der Waals surface area contributed by atoms with Crippen LogP contribution < -0.4 is 16.0 Å². The second-order valence-corrected chi connectivity index (χ2v) is 10.4. The largest absolute Gasteiger partial charge is 0.397 e. The lowest BCUT2D eigenvalue weighted by atomic mass is 9.90. The van der Waals surface area contributed by atoms with Crippen LogP contribution in [0.4, 0.5) is 17.2 Å². The van der Waals surface area contributed by atoms with Crippen molar-refractivity contribution in [3.8, 4) is 0 Å². The van der Waals surface area contributed by atoms with Crippen molar-refractivity contribution < 1.29 is 14.3 Å². The summed E-state index contributed by atoms with van der Waals surface area (Å²) < 4.78 is 6.13. The van der Waals surface area contributed by atoms with Crippen LogP contribution in [0.25, 0.3) is 10.2 Å². The molecule has 3 aromatic rings. The Morgan fingerprint density at radius 2 is 1.85 bits per heavy atom. The number of nitrogens with zero attached hydrogens (tertiary/aromatic N) is 2. The highest BCUT2D eigenvalue weighted by Crippen LogP contribution is 2.44. The fourth-order valence-electron chi connectivity index (χ4n) is 4.68. The molecule has 1 saturated heterocycles. The van der Waals surface area contributed by atoms with Crippen LogP contribution in [0.1, 0.15) is 64.8 Å². The second-order valence-electron chi connectivity index (χ2n) is 9.42. The van der Waals surface area contributed by atoms with E-state index in [0.717, 1.165) is 59.5 Å². The molecule has 0 radical (unpaired) electrons. The van der Waals surface area contributed by atoms with Crippen molar-refractivity contribution in [1.82, 2.24) is 4.98 Å². The Hall–Kier alpha value is -2.97. The molecule has 0 aliphatic carbocycles. The molecule has 8 heteroatoms. The number of carbonyl (C=O) groups excluding carboxylic acids is 2. The molecule has 7 nitrogen and oxygen atoms in total. The zero-order valence-corrected chi connectivity index (χ0v) is 20.0. The van der Waals surface area contributed by atoms with Gasteiger partial charge < -0.3 is 20.7 Å². The van der Waals surface area contributed by atoms with Gasteiger partial charge in [-0.05, 0) is 63.4 Å². The minimum atomic E-state index is -0.307. The molecule has 1 fully saturated rings. The van der Waals surface area contributed by atoms with Crippen LogP contribution in [-0.4, -0.2) is 35.4 Å². The molecule has 0 bridgehead atoms. The van der Waals surface area contributed by atoms with Gasteiger partial charge in [0.15, 0.2) is 5.78 Å². The van der Waals surface area contributed by atoms with Gasteiger partial charge in [-0.15, -0.1) is 11.3 Å². The highest BCUT2D eigenvalue weighted by atomic mass is 32.1. The standard InChI is InChI=1S/C25H28N4O3S/c1-14(30)15-6-8-16(9-7-15)27-23(31)21-20(26)19-17-12-25(2,3)32-13-18(17)22(28-24(19)33-21)29-10-4-5-11-29/h6-9H,4-5,10-13,26H2,1-3H3,(H,27,31). The lowest BCUT2D eigenvalue weighted by Crippen LogP contribution is -2.34. The summed E-state index contributed by atoms with van der Waals surface area (Å²) >= 11 is 1.34. The van der Waals surface area contributed by atoms with Crippen molar-refractivity contribution in [2.75, 3.05) is 29.0 Å². The molecule has 0 unspecified atom stereocenters. The van der Waals surface area contributed by atoms with Gasteiger partial charge in [-0.25, -0.2) is 4.98 Å². The van der Waals surface area contributed by atoms with E-state index in [0.29, 0.717) is 28.4 Å². The molecular formula is C25H28N4O3S. The zero-order chi connectivity index (χ0) is 23.3. The van der Waals surface area contributed by atoms with Crippen LogP contribution in [-0.2, 0) is 17.8 Å². The molecule has 5 rings (SSSR count). The molecule has 1 aromatic carbocycles. The maximum atomic E-state index is 13.1. The Balaban J connectivity index is 1.56. The Morgan fingerprint density at radius 3 is 2.52 bits per heavy atom. The first-order valence-corrected chi connectivity index (χ1v) is 12.1. The number of pyridine rings is 1. The summed E-state index contributed by atoms with van der Waals surface area (Å²) in [5, 5.41) is 3.79. The molecular weight excluding hydrogens is 436 g/mol. The maximum absolute atomic E-state index is 13.1. The molecule has 172 valence electrons. The van der Waals surface area contributed by atoms with E-state index >= 15 is 0 Å². The Morgan fingerprint density at radius 1 is 1.15 bits per heavy atom. The lowest BCUT2D eigenvalue weighted by molar-refractivity contribution is -0.0395. The summed E-state index contributed by atoms with van der Waals surface area (Å²) in [6.07, 6.45) is 3.03. The van der Waals surface area contributed by atoms with Crippen LogP contribution in [0.5, 0.6) is 0 Å². The fourth-order valence-corrected chi connectivity index (χ4v) is 5.69. The number of fused-ring (bicyclic) bond motifs is 3. The normalized spacial score (nSPS) is 17.2. The van der Waals surface area contributed by atoms with Crippen molar-refractivity contribution in [3.63, 3.8) is 0 Å². The number of nitrogens with one attached hydrogen (secondary N) is 1. The number of ketones is 1. The molecule has 2 aromatic heterocycles. The highest BCUT2D eigenvalue weighted by Gasteiger charge is 2.34. The van der Waals surface area contributed by atoms with E-state index in [1.807, 2.05) is 0 Å². The highest BCUT2D eigenvalue weighted by molar-refractivity contribution is 7.21. The Kier molecular flexibility index (Phi) is 5.37. The third-order valence-corrected chi connectivity index (χ3v) is 7.54. The number of nitrogen functional groups attached to an aromatic ring is 1. The topological polar surface area (TPSA) is 97.6 Å². The molecule has 3 N–H and O–H groups in total. The van der Waals surface area contributed by atoms with E-state index in [4.69, 9.17) is 15.5 Å². The van der Waals surface area contributed by atoms with Gasteiger partial charge in [0, 0.05) is 41.7 Å². The van der Waals surface area contributed by atoms with Gasteiger partial charge in [-0.3, -0.25) is 9.59 Å². The SMILES string of the molecule is CC(=O)c1ccc(NC(=O)c2sc3nc(N4CCCC4)c4c(c3c2N)CC(C)(C)OC4)cc1. The summed E-state index contributed by atoms with van der Waals surface area (Å²) in [6, 6.07) is 6.86. The van der Waals surface area contributed by atoms with Gasteiger partial charge in [-0.1, -0.05) is 0 Å².